The first-order chi connectivity index (χ1) is 12.0. The number of benzene rings is 2. The van der Waals surface area contributed by atoms with E-state index in [4.69, 9.17) is 13.9 Å². The average Bonchev–Trinajstić information content (AvgIpc) is 2.61. The molecule has 6 nitrogen and oxygen atoms in total. The summed E-state index contributed by atoms with van der Waals surface area (Å²) in [5, 5.41) is 0.540. The van der Waals surface area contributed by atoms with Gasteiger partial charge >= 0.3 is 11.6 Å². The van der Waals surface area contributed by atoms with Crippen molar-refractivity contribution in [3.05, 3.63) is 70.1 Å². The maximum atomic E-state index is 12.3. The minimum atomic E-state index is -0.839. The lowest BCUT2D eigenvalue weighted by atomic mass is 10.1. The second-order valence-corrected chi connectivity index (χ2v) is 5.32. The summed E-state index contributed by atoms with van der Waals surface area (Å²) in [7, 11) is 1.51. The van der Waals surface area contributed by atoms with Crippen LogP contribution in [-0.2, 0) is 0 Å². The highest BCUT2D eigenvalue weighted by Gasteiger charge is 2.16. The molecule has 6 heteroatoms. The van der Waals surface area contributed by atoms with E-state index in [2.05, 4.69) is 0 Å². The monoisotopic (exact) mass is 338 g/mol. The van der Waals surface area contributed by atoms with Crippen LogP contribution in [0.25, 0.3) is 11.0 Å². The van der Waals surface area contributed by atoms with Gasteiger partial charge in [-0.1, -0.05) is 0 Å². The van der Waals surface area contributed by atoms with Crippen molar-refractivity contribution in [1.82, 2.24) is 0 Å². The van der Waals surface area contributed by atoms with Crippen molar-refractivity contribution < 1.29 is 23.5 Å². The smallest absolute Gasteiger partial charge is 0.351 e. The van der Waals surface area contributed by atoms with Crippen LogP contribution in [0.3, 0.4) is 0 Å². The number of carbonyl (C=O) groups excluding carboxylic acids is 2. The van der Waals surface area contributed by atoms with Gasteiger partial charge in [-0.2, -0.15) is 0 Å². The summed E-state index contributed by atoms with van der Waals surface area (Å²) in [5.74, 6) is -0.142. The van der Waals surface area contributed by atoms with Gasteiger partial charge in [-0.3, -0.25) is 4.79 Å². The van der Waals surface area contributed by atoms with Crippen LogP contribution in [0, 0.1) is 0 Å². The zero-order valence-electron chi connectivity index (χ0n) is 13.6. The number of Topliss-reactive ketones (excluding diaryl/α,β-unsaturated/α-hetero) is 1. The lowest BCUT2D eigenvalue weighted by Crippen LogP contribution is -2.18. The molecule has 0 fully saturated rings. The molecule has 0 aliphatic rings. The molecule has 0 aliphatic heterocycles. The van der Waals surface area contributed by atoms with Crippen molar-refractivity contribution in [3.8, 4) is 11.5 Å². The second kappa shape index (κ2) is 6.60. The molecule has 25 heavy (non-hydrogen) atoms. The number of rotatable bonds is 4. The Morgan fingerprint density at radius 2 is 1.64 bits per heavy atom. The maximum Gasteiger partial charge on any atom is 0.351 e. The minimum absolute atomic E-state index is 0.0954. The number of methoxy groups -OCH3 is 1. The molecule has 0 amide bonds. The number of ether oxygens (including phenoxy) is 2. The lowest BCUT2D eigenvalue weighted by Gasteiger charge is -2.06. The van der Waals surface area contributed by atoms with Gasteiger partial charge in [-0.25, -0.2) is 9.59 Å². The van der Waals surface area contributed by atoms with Crippen LogP contribution in [0.1, 0.15) is 27.6 Å². The summed E-state index contributed by atoms with van der Waals surface area (Å²) in [6.07, 6.45) is 0. The Morgan fingerprint density at radius 1 is 0.960 bits per heavy atom. The summed E-state index contributed by atoms with van der Waals surface area (Å²) in [6, 6.07) is 12.3. The number of carbonyl (C=O) groups is 2. The molecule has 2 aromatic carbocycles. The van der Waals surface area contributed by atoms with E-state index in [1.807, 2.05) is 0 Å². The molecule has 0 atom stereocenters. The van der Waals surface area contributed by atoms with Gasteiger partial charge in [0.2, 0.25) is 0 Å². The fourth-order valence-electron chi connectivity index (χ4n) is 2.29. The standard InChI is InChI=1S/C19H14O6/c1-11(20)12-3-5-14(6-4-12)24-18(21)16-10-13-9-15(23-2)7-8-17(13)25-19(16)22/h3-10H,1-2H3. The highest BCUT2D eigenvalue weighted by atomic mass is 16.5. The number of hydrogen-bond acceptors (Lipinski definition) is 6. The third-order valence-corrected chi connectivity index (χ3v) is 3.63. The molecule has 0 bridgehead atoms. The highest BCUT2D eigenvalue weighted by Crippen LogP contribution is 2.21. The van der Waals surface area contributed by atoms with Gasteiger partial charge in [0.1, 0.15) is 22.6 Å². The van der Waals surface area contributed by atoms with E-state index < -0.39 is 11.6 Å². The fourth-order valence-corrected chi connectivity index (χ4v) is 2.29. The normalized spacial score (nSPS) is 10.5. The lowest BCUT2D eigenvalue weighted by molar-refractivity contribution is 0.0730. The van der Waals surface area contributed by atoms with Gasteiger partial charge in [-0.05, 0) is 55.5 Å². The van der Waals surface area contributed by atoms with Gasteiger partial charge in [0.25, 0.3) is 0 Å². The largest absolute Gasteiger partial charge is 0.497 e. The number of hydrogen-bond donors (Lipinski definition) is 0. The summed E-state index contributed by atoms with van der Waals surface area (Å²) < 4.78 is 15.4. The van der Waals surface area contributed by atoms with Crippen molar-refractivity contribution in [2.45, 2.75) is 6.92 Å². The van der Waals surface area contributed by atoms with Gasteiger partial charge in [0.15, 0.2) is 5.78 Å². The van der Waals surface area contributed by atoms with Crippen LogP contribution < -0.4 is 15.1 Å². The molecule has 3 aromatic rings. The summed E-state index contributed by atoms with van der Waals surface area (Å²) >= 11 is 0. The molecular formula is C19H14O6. The maximum absolute atomic E-state index is 12.3. The number of esters is 1. The average molecular weight is 338 g/mol. The third-order valence-electron chi connectivity index (χ3n) is 3.63. The van der Waals surface area contributed by atoms with Gasteiger partial charge in [0.05, 0.1) is 7.11 Å². The van der Waals surface area contributed by atoms with E-state index in [0.29, 0.717) is 22.3 Å². The molecule has 0 spiro atoms. The number of ketones is 1. The third kappa shape index (κ3) is 3.42. The topological polar surface area (TPSA) is 82.8 Å². The first-order valence-corrected chi connectivity index (χ1v) is 7.43. The van der Waals surface area contributed by atoms with Gasteiger partial charge in [-0.15, -0.1) is 0 Å². The van der Waals surface area contributed by atoms with E-state index in [1.54, 1.807) is 30.3 Å². The molecule has 0 saturated heterocycles. The highest BCUT2D eigenvalue weighted by molar-refractivity contribution is 5.95. The van der Waals surface area contributed by atoms with Crippen molar-refractivity contribution in [2.24, 2.45) is 0 Å². The second-order valence-electron chi connectivity index (χ2n) is 5.32. The Kier molecular flexibility index (Phi) is 4.35. The molecule has 0 unspecified atom stereocenters. The van der Waals surface area contributed by atoms with Crippen LogP contribution in [-0.4, -0.2) is 18.9 Å². The van der Waals surface area contributed by atoms with Crippen LogP contribution >= 0.6 is 0 Å². The number of fused-ring (bicyclic) bond motifs is 1. The van der Waals surface area contributed by atoms with Crippen molar-refractivity contribution >= 4 is 22.7 Å². The Morgan fingerprint density at radius 3 is 2.28 bits per heavy atom. The Bertz CT molecular complexity index is 1010. The van der Waals surface area contributed by atoms with Gasteiger partial charge in [0, 0.05) is 10.9 Å². The minimum Gasteiger partial charge on any atom is -0.497 e. The van der Waals surface area contributed by atoms with Crippen molar-refractivity contribution in [2.75, 3.05) is 7.11 Å². The molecule has 0 radical (unpaired) electrons. The van der Waals surface area contributed by atoms with Crippen LogP contribution in [0.4, 0.5) is 0 Å². The molecule has 1 heterocycles. The van der Waals surface area contributed by atoms with Crippen molar-refractivity contribution in [3.63, 3.8) is 0 Å². The molecular weight excluding hydrogens is 324 g/mol. The zero-order chi connectivity index (χ0) is 18.0. The Labute approximate surface area is 142 Å². The summed E-state index contributed by atoms with van der Waals surface area (Å²) in [6.45, 7) is 1.44. The van der Waals surface area contributed by atoms with E-state index in [9.17, 15) is 14.4 Å². The van der Waals surface area contributed by atoms with Crippen LogP contribution in [0.15, 0.2) is 57.7 Å². The predicted octanol–water partition coefficient (Wildman–Crippen LogP) is 3.22. The van der Waals surface area contributed by atoms with E-state index in [-0.39, 0.29) is 17.1 Å². The molecule has 3 rings (SSSR count). The molecule has 0 saturated carbocycles. The quantitative estimate of drug-likeness (QED) is 0.314. The Balaban J connectivity index is 1.91. The SMILES string of the molecule is COc1ccc2oc(=O)c(C(=O)Oc3ccc(C(C)=O)cc3)cc2c1. The van der Waals surface area contributed by atoms with E-state index >= 15 is 0 Å². The Hall–Kier alpha value is -3.41. The fraction of sp³-hybridized carbons (Fsp3) is 0.105. The first kappa shape index (κ1) is 16.4. The van der Waals surface area contributed by atoms with Gasteiger partial charge < -0.3 is 13.9 Å². The van der Waals surface area contributed by atoms with Crippen molar-refractivity contribution in [1.29, 1.82) is 0 Å². The zero-order valence-corrected chi connectivity index (χ0v) is 13.6. The van der Waals surface area contributed by atoms with E-state index in [0.717, 1.165) is 0 Å². The van der Waals surface area contributed by atoms with E-state index in [1.165, 1.54) is 32.2 Å². The predicted molar refractivity (Wildman–Crippen MR) is 90.4 cm³/mol. The first-order valence-electron chi connectivity index (χ1n) is 7.43. The van der Waals surface area contributed by atoms with Crippen LogP contribution in [0.2, 0.25) is 0 Å². The van der Waals surface area contributed by atoms with Crippen LogP contribution in [0.5, 0.6) is 11.5 Å². The summed E-state index contributed by atoms with van der Waals surface area (Å²) in [5.41, 5.74) is -0.176. The molecule has 1 aromatic heterocycles. The molecule has 0 N–H and O–H groups in total. The summed E-state index contributed by atoms with van der Waals surface area (Å²) in [4.78, 5) is 35.5. The molecule has 126 valence electrons. The molecule has 0 aliphatic carbocycles.